The summed E-state index contributed by atoms with van der Waals surface area (Å²) in [5.41, 5.74) is 1.72. The van der Waals surface area contributed by atoms with E-state index >= 15 is 0 Å². The molecule has 0 saturated carbocycles. The third-order valence-corrected chi connectivity index (χ3v) is 4.15. The molecule has 0 radical (unpaired) electrons. The van der Waals surface area contributed by atoms with Gasteiger partial charge in [-0.3, -0.25) is 0 Å². The molecule has 0 spiro atoms. The van der Waals surface area contributed by atoms with Gasteiger partial charge in [0.25, 0.3) is 0 Å². The molecule has 5 nitrogen and oxygen atoms in total. The maximum Gasteiger partial charge on any atom is 0.206 e. The minimum atomic E-state index is 0.445. The average Bonchev–Trinajstić information content (AvgIpc) is 3.13. The van der Waals surface area contributed by atoms with Gasteiger partial charge in [-0.1, -0.05) is 60.1 Å². The van der Waals surface area contributed by atoms with Gasteiger partial charge in [0.2, 0.25) is 5.82 Å². The highest BCUT2D eigenvalue weighted by Gasteiger charge is 2.11. The van der Waals surface area contributed by atoms with Crippen molar-refractivity contribution in [3.8, 4) is 22.9 Å². The van der Waals surface area contributed by atoms with Gasteiger partial charge < -0.3 is 4.74 Å². The molecule has 0 aliphatic carbocycles. The Balaban J connectivity index is 1.58. The van der Waals surface area contributed by atoms with E-state index < -0.39 is 0 Å². The van der Waals surface area contributed by atoms with E-state index in [0.29, 0.717) is 17.4 Å². The van der Waals surface area contributed by atoms with Crippen LogP contribution in [0.3, 0.4) is 0 Å². The molecule has 0 bridgehead atoms. The number of halogens is 1. The van der Waals surface area contributed by atoms with E-state index in [-0.39, 0.29) is 0 Å². The van der Waals surface area contributed by atoms with Gasteiger partial charge in [0.1, 0.15) is 11.5 Å². The second-order valence-electron chi connectivity index (χ2n) is 5.65. The van der Waals surface area contributed by atoms with Crippen molar-refractivity contribution >= 4 is 11.6 Å². The van der Waals surface area contributed by atoms with E-state index in [1.807, 2.05) is 72.8 Å². The zero-order valence-electron chi connectivity index (χ0n) is 13.8. The molecule has 0 saturated heterocycles. The smallest absolute Gasteiger partial charge is 0.206 e. The van der Waals surface area contributed by atoms with Crippen LogP contribution in [0.15, 0.2) is 78.9 Å². The summed E-state index contributed by atoms with van der Waals surface area (Å²) in [7, 11) is 0. The molecule has 128 valence electrons. The lowest BCUT2D eigenvalue weighted by molar-refractivity contribution is 0.466. The van der Waals surface area contributed by atoms with Crippen LogP contribution >= 0.6 is 11.6 Å². The highest BCUT2D eigenvalue weighted by molar-refractivity contribution is 6.33. The number of hydrogen-bond acceptors (Lipinski definition) is 4. The summed E-state index contributed by atoms with van der Waals surface area (Å²) in [6, 6.07) is 24.9. The van der Waals surface area contributed by atoms with Crippen LogP contribution in [0.5, 0.6) is 11.5 Å². The predicted octanol–water partition coefficient (Wildman–Crippen LogP) is 4.83. The topological polar surface area (TPSA) is 52.8 Å². The van der Waals surface area contributed by atoms with E-state index in [1.165, 1.54) is 4.80 Å². The van der Waals surface area contributed by atoms with Crippen LogP contribution < -0.4 is 4.74 Å². The number of tetrazole rings is 1. The summed E-state index contributed by atoms with van der Waals surface area (Å²) in [5.74, 6) is 2.04. The van der Waals surface area contributed by atoms with Gasteiger partial charge in [0, 0.05) is 11.1 Å². The molecule has 0 fully saturated rings. The van der Waals surface area contributed by atoms with Crippen molar-refractivity contribution in [3.05, 3.63) is 89.4 Å². The third kappa shape index (κ3) is 3.58. The number of aromatic nitrogens is 4. The highest BCUT2D eigenvalue weighted by atomic mass is 35.5. The standard InChI is InChI=1S/C20H15ClN4O/c21-18-12-6-5-11-17(18)20-22-24-25(23-20)14-15-8-4-7-13-19(15)26-16-9-2-1-3-10-16/h1-13H,14H2. The molecule has 0 aliphatic rings. The lowest BCUT2D eigenvalue weighted by atomic mass is 10.2. The first-order chi connectivity index (χ1) is 12.8. The molecular weight excluding hydrogens is 348 g/mol. The van der Waals surface area contributed by atoms with Gasteiger partial charge in [-0.05, 0) is 35.5 Å². The summed E-state index contributed by atoms with van der Waals surface area (Å²) in [6.45, 7) is 0.445. The van der Waals surface area contributed by atoms with Crippen molar-refractivity contribution in [2.45, 2.75) is 6.54 Å². The molecule has 1 aromatic heterocycles. The minimum absolute atomic E-state index is 0.445. The van der Waals surface area contributed by atoms with Crippen molar-refractivity contribution in [2.24, 2.45) is 0 Å². The molecule has 26 heavy (non-hydrogen) atoms. The quantitative estimate of drug-likeness (QED) is 0.510. The molecule has 4 aromatic rings. The molecule has 0 atom stereocenters. The normalized spacial score (nSPS) is 10.7. The largest absolute Gasteiger partial charge is 0.457 e. The fraction of sp³-hybridized carbons (Fsp3) is 0.0500. The van der Waals surface area contributed by atoms with Crippen molar-refractivity contribution in [1.29, 1.82) is 0 Å². The summed E-state index contributed by atoms with van der Waals surface area (Å²) >= 11 is 6.21. The maximum absolute atomic E-state index is 6.21. The lowest BCUT2D eigenvalue weighted by Crippen LogP contribution is -2.05. The summed E-state index contributed by atoms with van der Waals surface area (Å²) < 4.78 is 5.98. The van der Waals surface area contributed by atoms with Crippen LogP contribution in [0.1, 0.15) is 5.56 Å². The lowest BCUT2D eigenvalue weighted by Gasteiger charge is -2.10. The fourth-order valence-electron chi connectivity index (χ4n) is 2.56. The Morgan fingerprint density at radius 3 is 2.42 bits per heavy atom. The van der Waals surface area contributed by atoms with Crippen LogP contribution in [0.4, 0.5) is 0 Å². The van der Waals surface area contributed by atoms with Gasteiger partial charge in [0.15, 0.2) is 0 Å². The molecule has 1 heterocycles. The Kier molecular flexibility index (Phi) is 4.62. The first kappa shape index (κ1) is 16.3. The number of nitrogens with zero attached hydrogens (tertiary/aromatic N) is 4. The van der Waals surface area contributed by atoms with Crippen molar-refractivity contribution < 1.29 is 4.74 Å². The Bertz CT molecular complexity index is 1020. The molecule has 4 rings (SSSR count). The van der Waals surface area contributed by atoms with Crippen LogP contribution in [0.2, 0.25) is 5.02 Å². The van der Waals surface area contributed by atoms with Crippen LogP contribution in [0, 0.1) is 0 Å². The maximum atomic E-state index is 6.21. The molecular formula is C20H15ClN4O. The molecule has 0 unspecified atom stereocenters. The highest BCUT2D eigenvalue weighted by Crippen LogP contribution is 2.26. The van der Waals surface area contributed by atoms with Gasteiger partial charge in [-0.2, -0.15) is 4.80 Å². The number of rotatable bonds is 5. The third-order valence-electron chi connectivity index (χ3n) is 3.82. The minimum Gasteiger partial charge on any atom is -0.457 e. The second kappa shape index (κ2) is 7.37. The Labute approximate surface area is 155 Å². The zero-order valence-corrected chi connectivity index (χ0v) is 14.5. The van der Waals surface area contributed by atoms with E-state index in [9.17, 15) is 0 Å². The average molecular weight is 363 g/mol. The fourth-order valence-corrected chi connectivity index (χ4v) is 2.78. The molecule has 0 amide bonds. The number of hydrogen-bond donors (Lipinski definition) is 0. The molecule has 6 heteroatoms. The van der Waals surface area contributed by atoms with Gasteiger partial charge >= 0.3 is 0 Å². The number of para-hydroxylation sites is 2. The number of ether oxygens (including phenoxy) is 1. The first-order valence-corrected chi connectivity index (χ1v) is 8.51. The van der Waals surface area contributed by atoms with Gasteiger partial charge in [0.05, 0.1) is 11.6 Å². The SMILES string of the molecule is Clc1ccccc1-c1nnn(Cc2ccccc2Oc2ccccc2)n1. The van der Waals surface area contributed by atoms with Crippen molar-refractivity contribution in [1.82, 2.24) is 20.2 Å². The van der Waals surface area contributed by atoms with Crippen molar-refractivity contribution in [2.75, 3.05) is 0 Å². The number of benzene rings is 3. The van der Waals surface area contributed by atoms with Crippen LogP contribution in [-0.4, -0.2) is 20.2 Å². The summed E-state index contributed by atoms with van der Waals surface area (Å²) in [6.07, 6.45) is 0. The predicted molar refractivity (Wildman–Crippen MR) is 100 cm³/mol. The van der Waals surface area contributed by atoms with E-state index in [1.54, 1.807) is 6.07 Å². The monoisotopic (exact) mass is 362 g/mol. The van der Waals surface area contributed by atoms with Crippen molar-refractivity contribution in [3.63, 3.8) is 0 Å². The van der Waals surface area contributed by atoms with Gasteiger partial charge in [-0.25, -0.2) is 0 Å². The summed E-state index contributed by atoms with van der Waals surface area (Å²) in [4.78, 5) is 1.53. The van der Waals surface area contributed by atoms with Crippen LogP contribution in [-0.2, 0) is 6.54 Å². The Hall–Kier alpha value is -3.18. The summed E-state index contributed by atoms with van der Waals surface area (Å²) in [5, 5.41) is 13.3. The van der Waals surface area contributed by atoms with Gasteiger partial charge in [-0.15, -0.1) is 10.2 Å². The van der Waals surface area contributed by atoms with E-state index in [4.69, 9.17) is 16.3 Å². The zero-order chi connectivity index (χ0) is 17.8. The Morgan fingerprint density at radius 1 is 0.846 bits per heavy atom. The van der Waals surface area contributed by atoms with E-state index in [0.717, 1.165) is 22.6 Å². The molecule has 0 N–H and O–H groups in total. The van der Waals surface area contributed by atoms with Crippen LogP contribution in [0.25, 0.3) is 11.4 Å². The molecule has 3 aromatic carbocycles. The molecule has 0 aliphatic heterocycles. The second-order valence-corrected chi connectivity index (χ2v) is 6.05. The Morgan fingerprint density at radius 2 is 1.58 bits per heavy atom. The first-order valence-electron chi connectivity index (χ1n) is 8.13. The van der Waals surface area contributed by atoms with E-state index in [2.05, 4.69) is 15.4 Å².